The number of rotatable bonds is 2. The lowest BCUT2D eigenvalue weighted by Crippen LogP contribution is -2.40. The summed E-state index contributed by atoms with van der Waals surface area (Å²) in [4.78, 5) is 18.3. The Morgan fingerprint density at radius 3 is 2.62 bits per heavy atom. The second-order valence-electron chi connectivity index (χ2n) is 5.44. The van der Waals surface area contributed by atoms with Gasteiger partial charge in [-0.25, -0.2) is 0 Å². The van der Waals surface area contributed by atoms with Crippen LogP contribution in [0.25, 0.3) is 0 Å². The van der Waals surface area contributed by atoms with Crippen LogP contribution in [0.3, 0.4) is 0 Å². The predicted molar refractivity (Wildman–Crippen MR) is 67.2 cm³/mol. The zero-order valence-electron chi connectivity index (χ0n) is 10.9. The first-order valence-corrected chi connectivity index (χ1v) is 5.89. The van der Waals surface area contributed by atoms with Crippen LogP contribution >= 0.6 is 0 Å². The molecule has 3 heteroatoms. The van der Waals surface area contributed by atoms with E-state index in [0.717, 1.165) is 12.1 Å². The highest BCUT2D eigenvalue weighted by Gasteiger charge is 2.27. The van der Waals surface area contributed by atoms with E-state index in [2.05, 4.69) is 32.7 Å². The van der Waals surface area contributed by atoms with Crippen molar-refractivity contribution in [1.29, 1.82) is 0 Å². The van der Waals surface area contributed by atoms with E-state index in [9.17, 15) is 4.79 Å². The molecule has 0 aromatic carbocycles. The van der Waals surface area contributed by atoms with Gasteiger partial charge in [0.25, 0.3) is 0 Å². The molecule has 1 atom stereocenters. The second kappa shape index (κ2) is 4.81. The number of allylic oxidation sites excluding steroid dienone is 2. The summed E-state index contributed by atoms with van der Waals surface area (Å²) in [6.07, 6.45) is 5.09. The van der Waals surface area contributed by atoms with Crippen molar-refractivity contribution in [3.05, 3.63) is 11.8 Å². The van der Waals surface area contributed by atoms with E-state index in [1.54, 1.807) is 6.21 Å². The quantitative estimate of drug-likeness (QED) is 0.707. The minimum Gasteiger partial charge on any atom is -0.294 e. The maximum Gasteiger partial charge on any atom is 0.229 e. The Kier molecular flexibility index (Phi) is 3.89. The molecule has 1 aliphatic rings. The fourth-order valence-electron chi connectivity index (χ4n) is 1.84. The monoisotopic (exact) mass is 222 g/mol. The van der Waals surface area contributed by atoms with Gasteiger partial charge in [0.05, 0.1) is 0 Å². The molecule has 0 spiro atoms. The number of carbonyl (C=O) groups is 1. The van der Waals surface area contributed by atoms with Crippen LogP contribution in [0.4, 0.5) is 0 Å². The van der Waals surface area contributed by atoms with E-state index in [1.807, 2.05) is 17.9 Å². The Bertz CT molecular complexity index is 323. The topological polar surface area (TPSA) is 32.7 Å². The highest BCUT2D eigenvalue weighted by molar-refractivity contribution is 5.83. The molecule has 90 valence electrons. The molecule has 3 nitrogen and oxygen atoms in total. The van der Waals surface area contributed by atoms with Crippen LogP contribution in [0.1, 0.15) is 47.5 Å². The number of hydrogen-bond donors (Lipinski definition) is 0. The van der Waals surface area contributed by atoms with Gasteiger partial charge in [-0.05, 0) is 24.8 Å². The molecule has 0 saturated carbocycles. The lowest BCUT2D eigenvalue weighted by atomic mass is 9.91. The summed E-state index contributed by atoms with van der Waals surface area (Å²) in [5.41, 5.74) is 1.09. The average molecular weight is 222 g/mol. The number of amides is 1. The van der Waals surface area contributed by atoms with Gasteiger partial charge in [-0.1, -0.05) is 27.7 Å². The van der Waals surface area contributed by atoms with E-state index in [1.165, 1.54) is 0 Å². The van der Waals surface area contributed by atoms with E-state index < -0.39 is 0 Å². The van der Waals surface area contributed by atoms with Gasteiger partial charge < -0.3 is 0 Å². The molecular weight excluding hydrogens is 200 g/mol. The van der Waals surface area contributed by atoms with Gasteiger partial charge in [-0.3, -0.25) is 14.7 Å². The molecule has 0 aromatic heterocycles. The van der Waals surface area contributed by atoms with Gasteiger partial charge in [0.1, 0.15) is 6.17 Å². The van der Waals surface area contributed by atoms with Gasteiger partial charge in [0, 0.05) is 18.3 Å². The third kappa shape index (κ3) is 3.19. The molecule has 0 saturated heterocycles. The maximum absolute atomic E-state index is 12.2. The molecule has 16 heavy (non-hydrogen) atoms. The van der Waals surface area contributed by atoms with Crippen LogP contribution < -0.4 is 0 Å². The third-order valence-electron chi connectivity index (χ3n) is 2.56. The minimum atomic E-state index is -0.0604. The van der Waals surface area contributed by atoms with Crippen molar-refractivity contribution in [2.75, 3.05) is 0 Å². The zero-order valence-corrected chi connectivity index (χ0v) is 10.9. The highest BCUT2D eigenvalue weighted by Crippen LogP contribution is 2.25. The van der Waals surface area contributed by atoms with E-state index in [4.69, 9.17) is 0 Å². The SMILES string of the molecule is CCC1=CC=NC(C)N1C(=O)CC(C)(C)C. The van der Waals surface area contributed by atoms with Crippen molar-refractivity contribution in [3.8, 4) is 0 Å². The molecule has 1 unspecified atom stereocenters. The normalized spacial score (nSPS) is 20.9. The van der Waals surface area contributed by atoms with Gasteiger partial charge in [-0.15, -0.1) is 0 Å². The second-order valence-corrected chi connectivity index (χ2v) is 5.44. The summed E-state index contributed by atoms with van der Waals surface area (Å²) >= 11 is 0. The Morgan fingerprint density at radius 1 is 1.50 bits per heavy atom. The van der Waals surface area contributed by atoms with Gasteiger partial charge in [0.15, 0.2) is 0 Å². The summed E-state index contributed by atoms with van der Waals surface area (Å²) < 4.78 is 0. The van der Waals surface area contributed by atoms with Crippen molar-refractivity contribution in [3.63, 3.8) is 0 Å². The molecule has 0 radical (unpaired) electrons. The van der Waals surface area contributed by atoms with Crippen molar-refractivity contribution in [2.24, 2.45) is 10.4 Å². The van der Waals surface area contributed by atoms with Gasteiger partial charge >= 0.3 is 0 Å². The van der Waals surface area contributed by atoms with Crippen LogP contribution in [0.2, 0.25) is 0 Å². The smallest absolute Gasteiger partial charge is 0.229 e. The summed E-state index contributed by atoms with van der Waals surface area (Å²) in [6.45, 7) is 10.3. The lowest BCUT2D eigenvalue weighted by molar-refractivity contribution is -0.132. The van der Waals surface area contributed by atoms with Crippen LogP contribution in [0.5, 0.6) is 0 Å². The first-order valence-electron chi connectivity index (χ1n) is 5.89. The highest BCUT2D eigenvalue weighted by atomic mass is 16.2. The third-order valence-corrected chi connectivity index (χ3v) is 2.56. The molecule has 0 fully saturated rings. The molecule has 1 heterocycles. The molecular formula is C13H22N2O. The lowest BCUT2D eigenvalue weighted by Gasteiger charge is -2.32. The number of carbonyl (C=O) groups excluding carboxylic acids is 1. The molecule has 1 amide bonds. The summed E-state index contributed by atoms with van der Waals surface area (Å²) in [6, 6.07) is 0. The van der Waals surface area contributed by atoms with Gasteiger partial charge in [-0.2, -0.15) is 0 Å². The Labute approximate surface area is 98.2 Å². The number of hydrogen-bond acceptors (Lipinski definition) is 2. The Balaban J connectivity index is 2.81. The molecule has 0 bridgehead atoms. The van der Waals surface area contributed by atoms with Crippen molar-refractivity contribution < 1.29 is 4.79 Å². The minimum absolute atomic E-state index is 0.0246. The first-order chi connectivity index (χ1) is 7.35. The largest absolute Gasteiger partial charge is 0.294 e. The standard InChI is InChI=1S/C13H22N2O/c1-6-11-7-8-14-10(2)15(11)12(16)9-13(3,4)5/h7-8,10H,6,9H2,1-5H3. The molecule has 0 N–H and O–H groups in total. The zero-order chi connectivity index (χ0) is 12.3. The Hall–Kier alpha value is -1.12. The van der Waals surface area contributed by atoms with Crippen molar-refractivity contribution in [2.45, 2.75) is 53.6 Å². The summed E-state index contributed by atoms with van der Waals surface area (Å²) in [5, 5.41) is 0. The Morgan fingerprint density at radius 2 is 2.12 bits per heavy atom. The molecule has 1 aliphatic heterocycles. The number of nitrogens with zero attached hydrogens (tertiary/aromatic N) is 2. The molecule has 1 rings (SSSR count). The number of aliphatic imine (C=N–C) groups is 1. The van der Waals surface area contributed by atoms with Crippen LogP contribution in [-0.2, 0) is 4.79 Å². The fourth-order valence-corrected chi connectivity index (χ4v) is 1.84. The van der Waals surface area contributed by atoms with E-state index in [-0.39, 0.29) is 17.5 Å². The van der Waals surface area contributed by atoms with E-state index >= 15 is 0 Å². The first kappa shape index (κ1) is 12.9. The molecule has 0 aliphatic carbocycles. The van der Waals surface area contributed by atoms with Crippen LogP contribution in [0.15, 0.2) is 16.8 Å². The molecule has 0 aromatic rings. The van der Waals surface area contributed by atoms with E-state index in [0.29, 0.717) is 6.42 Å². The van der Waals surface area contributed by atoms with Crippen molar-refractivity contribution >= 4 is 12.1 Å². The fraction of sp³-hybridized carbons (Fsp3) is 0.692. The predicted octanol–water partition coefficient (Wildman–Crippen LogP) is 2.98. The summed E-state index contributed by atoms with van der Waals surface area (Å²) in [7, 11) is 0. The van der Waals surface area contributed by atoms with Crippen LogP contribution in [0, 0.1) is 5.41 Å². The maximum atomic E-state index is 12.2. The summed E-state index contributed by atoms with van der Waals surface area (Å²) in [5.74, 6) is 0.171. The van der Waals surface area contributed by atoms with Crippen molar-refractivity contribution in [1.82, 2.24) is 4.90 Å². The van der Waals surface area contributed by atoms with Gasteiger partial charge in [0.2, 0.25) is 5.91 Å². The average Bonchev–Trinajstić information content (AvgIpc) is 2.14. The van der Waals surface area contributed by atoms with Crippen LogP contribution in [-0.4, -0.2) is 23.2 Å².